The number of benzene rings is 2. The Bertz CT molecular complexity index is 890. The van der Waals surface area contributed by atoms with Crippen molar-refractivity contribution in [3.05, 3.63) is 53.9 Å². The largest absolute Gasteiger partial charge is 0.496 e. The fraction of sp³-hybridized carbons (Fsp3) is 0.0588. The summed E-state index contributed by atoms with van der Waals surface area (Å²) in [6.45, 7) is 0. The standard InChI is InChI=1S/C17H13NOS/c1-19-16-10-15-12(9-13(16)17-7-4-8-20-17)11-5-2-3-6-14(11)18-15/h2-10,18H,1H3. The van der Waals surface area contributed by atoms with Gasteiger partial charge >= 0.3 is 0 Å². The van der Waals surface area contributed by atoms with Crippen LogP contribution < -0.4 is 4.74 Å². The van der Waals surface area contributed by atoms with Gasteiger partial charge in [-0.05, 0) is 23.6 Å². The Morgan fingerprint density at radius 1 is 0.950 bits per heavy atom. The van der Waals surface area contributed by atoms with Gasteiger partial charge in [0.1, 0.15) is 5.75 Å². The Balaban J connectivity index is 2.10. The first-order valence-corrected chi connectivity index (χ1v) is 7.37. The minimum atomic E-state index is 0.909. The summed E-state index contributed by atoms with van der Waals surface area (Å²) >= 11 is 1.73. The van der Waals surface area contributed by atoms with E-state index in [1.165, 1.54) is 15.6 Å². The molecule has 98 valence electrons. The first-order chi connectivity index (χ1) is 9.86. The second-order valence-electron chi connectivity index (χ2n) is 4.75. The van der Waals surface area contributed by atoms with Crippen LogP contribution in [0.1, 0.15) is 0 Å². The van der Waals surface area contributed by atoms with E-state index < -0.39 is 0 Å². The lowest BCUT2D eigenvalue weighted by molar-refractivity contribution is 0.417. The van der Waals surface area contributed by atoms with E-state index in [1.807, 2.05) is 0 Å². The fourth-order valence-electron chi connectivity index (χ4n) is 2.67. The van der Waals surface area contributed by atoms with Gasteiger partial charge in [-0.15, -0.1) is 11.3 Å². The highest BCUT2D eigenvalue weighted by Crippen LogP contribution is 2.38. The SMILES string of the molecule is COc1cc2[nH]c3ccccc3c2cc1-c1cccs1. The molecule has 0 aliphatic heterocycles. The van der Waals surface area contributed by atoms with E-state index in [2.05, 4.69) is 58.9 Å². The molecule has 0 bridgehead atoms. The minimum Gasteiger partial charge on any atom is -0.496 e. The Hall–Kier alpha value is -2.26. The van der Waals surface area contributed by atoms with Crippen LogP contribution in [0.5, 0.6) is 5.75 Å². The third-order valence-corrected chi connectivity index (χ3v) is 4.52. The van der Waals surface area contributed by atoms with Gasteiger partial charge in [0.05, 0.1) is 12.6 Å². The molecular weight excluding hydrogens is 266 g/mol. The monoisotopic (exact) mass is 279 g/mol. The number of H-pyrrole nitrogens is 1. The average molecular weight is 279 g/mol. The van der Waals surface area contributed by atoms with Crippen LogP contribution in [0, 0.1) is 0 Å². The van der Waals surface area contributed by atoms with E-state index in [-0.39, 0.29) is 0 Å². The second kappa shape index (κ2) is 4.39. The molecule has 2 aromatic heterocycles. The lowest BCUT2D eigenvalue weighted by atomic mass is 10.1. The maximum atomic E-state index is 5.56. The van der Waals surface area contributed by atoms with E-state index in [0.717, 1.165) is 22.3 Å². The molecule has 3 heteroatoms. The van der Waals surface area contributed by atoms with E-state index in [4.69, 9.17) is 4.74 Å². The highest BCUT2D eigenvalue weighted by Gasteiger charge is 2.12. The van der Waals surface area contributed by atoms with Gasteiger partial charge in [0, 0.05) is 32.8 Å². The van der Waals surface area contributed by atoms with Crippen molar-refractivity contribution in [3.8, 4) is 16.2 Å². The number of ether oxygens (including phenoxy) is 1. The van der Waals surface area contributed by atoms with Crippen molar-refractivity contribution in [1.29, 1.82) is 0 Å². The summed E-state index contributed by atoms with van der Waals surface area (Å²) in [5, 5.41) is 4.58. The van der Waals surface area contributed by atoms with E-state index in [1.54, 1.807) is 18.4 Å². The number of thiophene rings is 1. The normalized spacial score (nSPS) is 11.2. The van der Waals surface area contributed by atoms with Crippen molar-refractivity contribution in [2.45, 2.75) is 0 Å². The molecule has 4 aromatic rings. The second-order valence-corrected chi connectivity index (χ2v) is 5.69. The third kappa shape index (κ3) is 1.63. The van der Waals surface area contributed by atoms with Crippen LogP contribution in [0.2, 0.25) is 0 Å². The summed E-state index contributed by atoms with van der Waals surface area (Å²) in [5.41, 5.74) is 3.43. The van der Waals surface area contributed by atoms with Crippen molar-refractivity contribution in [1.82, 2.24) is 4.98 Å². The van der Waals surface area contributed by atoms with Gasteiger partial charge in [-0.1, -0.05) is 24.3 Å². The van der Waals surface area contributed by atoms with Gasteiger partial charge in [-0.2, -0.15) is 0 Å². The molecule has 0 saturated carbocycles. The molecule has 0 saturated heterocycles. The lowest BCUT2D eigenvalue weighted by Crippen LogP contribution is -1.86. The molecule has 20 heavy (non-hydrogen) atoms. The molecule has 0 spiro atoms. The number of para-hydroxylation sites is 1. The highest BCUT2D eigenvalue weighted by molar-refractivity contribution is 7.13. The van der Waals surface area contributed by atoms with Gasteiger partial charge in [0.25, 0.3) is 0 Å². The smallest absolute Gasteiger partial charge is 0.129 e. The average Bonchev–Trinajstić information content (AvgIpc) is 3.12. The number of rotatable bonds is 2. The Morgan fingerprint density at radius 2 is 1.85 bits per heavy atom. The number of aromatic nitrogens is 1. The van der Waals surface area contributed by atoms with E-state index in [9.17, 15) is 0 Å². The van der Waals surface area contributed by atoms with Crippen LogP contribution in [0.25, 0.3) is 32.2 Å². The molecule has 0 aliphatic carbocycles. The predicted octanol–water partition coefficient (Wildman–Crippen LogP) is 5.06. The summed E-state index contributed by atoms with van der Waals surface area (Å²) in [6.07, 6.45) is 0. The molecule has 0 aliphatic rings. The molecule has 0 fully saturated rings. The quantitative estimate of drug-likeness (QED) is 0.545. The lowest BCUT2D eigenvalue weighted by Gasteiger charge is -2.07. The number of hydrogen-bond donors (Lipinski definition) is 1. The van der Waals surface area contributed by atoms with Gasteiger partial charge in [0.2, 0.25) is 0 Å². The van der Waals surface area contributed by atoms with Gasteiger partial charge in [-0.25, -0.2) is 0 Å². The van der Waals surface area contributed by atoms with Crippen LogP contribution in [0.15, 0.2) is 53.9 Å². The topological polar surface area (TPSA) is 25.0 Å². The maximum absolute atomic E-state index is 5.56. The summed E-state index contributed by atoms with van der Waals surface area (Å²) in [4.78, 5) is 4.68. The van der Waals surface area contributed by atoms with Crippen LogP contribution in [-0.2, 0) is 0 Å². The molecule has 4 rings (SSSR count). The molecule has 0 atom stereocenters. The molecule has 1 N–H and O–H groups in total. The maximum Gasteiger partial charge on any atom is 0.129 e. The molecule has 2 aromatic carbocycles. The summed E-state index contributed by atoms with van der Waals surface area (Å²) < 4.78 is 5.56. The van der Waals surface area contributed by atoms with Crippen molar-refractivity contribution in [2.75, 3.05) is 7.11 Å². The van der Waals surface area contributed by atoms with Gasteiger partial charge < -0.3 is 9.72 Å². The highest BCUT2D eigenvalue weighted by atomic mass is 32.1. The van der Waals surface area contributed by atoms with Crippen molar-refractivity contribution >= 4 is 33.1 Å². The molecule has 2 heterocycles. The van der Waals surface area contributed by atoms with Crippen molar-refractivity contribution in [2.24, 2.45) is 0 Å². The Morgan fingerprint density at radius 3 is 2.65 bits per heavy atom. The van der Waals surface area contributed by atoms with E-state index >= 15 is 0 Å². The minimum absolute atomic E-state index is 0.909. The number of aromatic amines is 1. The Kier molecular flexibility index (Phi) is 2.54. The number of fused-ring (bicyclic) bond motifs is 3. The van der Waals surface area contributed by atoms with E-state index in [0.29, 0.717) is 0 Å². The zero-order valence-electron chi connectivity index (χ0n) is 11.0. The summed E-state index contributed by atoms with van der Waals surface area (Å²) in [5.74, 6) is 0.909. The first kappa shape index (κ1) is 11.6. The molecule has 2 nitrogen and oxygen atoms in total. The summed E-state index contributed by atoms with van der Waals surface area (Å²) in [6, 6.07) is 16.9. The predicted molar refractivity (Wildman–Crippen MR) is 85.7 cm³/mol. The first-order valence-electron chi connectivity index (χ1n) is 6.49. The van der Waals surface area contributed by atoms with Crippen LogP contribution in [0.3, 0.4) is 0 Å². The number of methoxy groups -OCH3 is 1. The third-order valence-electron chi connectivity index (χ3n) is 3.61. The van der Waals surface area contributed by atoms with Gasteiger partial charge in [0.15, 0.2) is 0 Å². The van der Waals surface area contributed by atoms with Gasteiger partial charge in [-0.3, -0.25) is 0 Å². The molecule has 0 unspecified atom stereocenters. The molecule has 0 radical (unpaired) electrons. The number of nitrogens with one attached hydrogen (secondary N) is 1. The molecule has 0 amide bonds. The van der Waals surface area contributed by atoms with Crippen molar-refractivity contribution in [3.63, 3.8) is 0 Å². The number of hydrogen-bond acceptors (Lipinski definition) is 2. The van der Waals surface area contributed by atoms with Crippen LogP contribution >= 0.6 is 11.3 Å². The zero-order valence-corrected chi connectivity index (χ0v) is 11.8. The Labute approximate surface area is 120 Å². The van der Waals surface area contributed by atoms with Crippen LogP contribution in [-0.4, -0.2) is 12.1 Å². The van der Waals surface area contributed by atoms with Crippen molar-refractivity contribution < 1.29 is 4.74 Å². The van der Waals surface area contributed by atoms with Crippen LogP contribution in [0.4, 0.5) is 0 Å². The fourth-order valence-corrected chi connectivity index (χ4v) is 3.42. The summed E-state index contributed by atoms with van der Waals surface area (Å²) in [7, 11) is 1.72. The zero-order chi connectivity index (χ0) is 13.5. The molecular formula is C17H13NOS.